The van der Waals surface area contributed by atoms with Crippen LogP contribution in [-0.2, 0) is 0 Å². The first-order chi connectivity index (χ1) is 11.1. The van der Waals surface area contributed by atoms with E-state index in [1.807, 2.05) is 18.2 Å². The molecule has 0 unspecified atom stereocenters. The quantitative estimate of drug-likeness (QED) is 0.723. The van der Waals surface area contributed by atoms with E-state index in [2.05, 4.69) is 41.3 Å². The van der Waals surface area contributed by atoms with Gasteiger partial charge in [-0.1, -0.05) is 26.0 Å². The lowest BCUT2D eigenvalue weighted by atomic mass is 10.0. The van der Waals surface area contributed by atoms with Gasteiger partial charge in [0.15, 0.2) is 0 Å². The van der Waals surface area contributed by atoms with Gasteiger partial charge in [0.05, 0.1) is 23.0 Å². The van der Waals surface area contributed by atoms with Crippen molar-refractivity contribution >= 4 is 22.3 Å². The Balaban J connectivity index is 2.13. The van der Waals surface area contributed by atoms with Gasteiger partial charge in [0, 0.05) is 23.3 Å². The number of fused-ring (bicyclic) bond motifs is 1. The van der Waals surface area contributed by atoms with Gasteiger partial charge in [0.25, 0.3) is 0 Å². The van der Waals surface area contributed by atoms with E-state index < -0.39 is 5.95 Å². The smallest absolute Gasteiger partial charge is 0.213 e. The highest BCUT2D eigenvalue weighted by atomic mass is 19.1. The van der Waals surface area contributed by atoms with Crippen LogP contribution in [-0.4, -0.2) is 9.97 Å². The zero-order valence-electron chi connectivity index (χ0n) is 12.8. The van der Waals surface area contributed by atoms with Crippen LogP contribution in [0.2, 0.25) is 0 Å². The molecule has 2 heterocycles. The number of benzene rings is 1. The molecule has 3 aromatic rings. The standard InChI is InChI=1S/C18H15FN4/c1-11(2)12-4-3-5-14(6-12)23-18-13(8-20)9-21-16-10-22-17(19)7-15(16)18/h3-7,9-11H,1-2H3,(H,21,23). The molecule has 0 aliphatic heterocycles. The number of nitrogens with one attached hydrogen (secondary N) is 1. The Morgan fingerprint density at radius 1 is 1.17 bits per heavy atom. The molecule has 1 N–H and O–H groups in total. The number of nitriles is 1. The lowest BCUT2D eigenvalue weighted by Crippen LogP contribution is -1.99. The first-order valence-corrected chi connectivity index (χ1v) is 7.30. The maximum Gasteiger partial charge on any atom is 0.213 e. The number of hydrogen-bond donors (Lipinski definition) is 1. The van der Waals surface area contributed by atoms with E-state index in [0.29, 0.717) is 28.1 Å². The van der Waals surface area contributed by atoms with Crippen LogP contribution >= 0.6 is 0 Å². The first kappa shape index (κ1) is 14.9. The van der Waals surface area contributed by atoms with Crippen molar-refractivity contribution in [2.45, 2.75) is 19.8 Å². The second-order valence-electron chi connectivity index (χ2n) is 5.59. The van der Waals surface area contributed by atoms with E-state index in [9.17, 15) is 9.65 Å². The first-order valence-electron chi connectivity index (χ1n) is 7.30. The van der Waals surface area contributed by atoms with Crippen LogP contribution in [0.15, 0.2) is 42.7 Å². The van der Waals surface area contributed by atoms with E-state index in [1.165, 1.54) is 24.0 Å². The summed E-state index contributed by atoms with van der Waals surface area (Å²) in [6.45, 7) is 4.23. The fraction of sp³-hybridized carbons (Fsp3) is 0.167. The highest BCUT2D eigenvalue weighted by Crippen LogP contribution is 2.29. The van der Waals surface area contributed by atoms with E-state index in [0.717, 1.165) is 5.69 Å². The topological polar surface area (TPSA) is 61.6 Å². The summed E-state index contributed by atoms with van der Waals surface area (Å²) in [5.74, 6) is -0.212. The fourth-order valence-electron chi connectivity index (χ4n) is 2.41. The van der Waals surface area contributed by atoms with Crippen molar-refractivity contribution < 1.29 is 4.39 Å². The van der Waals surface area contributed by atoms with Gasteiger partial charge in [-0.25, -0.2) is 4.98 Å². The largest absolute Gasteiger partial charge is 0.354 e. The van der Waals surface area contributed by atoms with E-state index in [-0.39, 0.29) is 0 Å². The molecular formula is C18H15FN4. The van der Waals surface area contributed by atoms with E-state index in [1.54, 1.807) is 0 Å². The van der Waals surface area contributed by atoms with Gasteiger partial charge in [-0.15, -0.1) is 0 Å². The monoisotopic (exact) mass is 306 g/mol. The van der Waals surface area contributed by atoms with Gasteiger partial charge >= 0.3 is 0 Å². The van der Waals surface area contributed by atoms with Crippen molar-refractivity contribution in [3.63, 3.8) is 0 Å². The number of rotatable bonds is 3. The molecule has 0 radical (unpaired) electrons. The number of pyridine rings is 2. The molecule has 0 spiro atoms. The van der Waals surface area contributed by atoms with Crippen molar-refractivity contribution in [2.24, 2.45) is 0 Å². The number of anilines is 2. The van der Waals surface area contributed by atoms with Crippen molar-refractivity contribution in [3.05, 3.63) is 59.8 Å². The van der Waals surface area contributed by atoms with Gasteiger partial charge < -0.3 is 5.32 Å². The molecule has 0 aliphatic rings. The summed E-state index contributed by atoms with van der Waals surface area (Å²) in [4.78, 5) is 7.76. The Hall–Kier alpha value is -3.00. The zero-order valence-corrected chi connectivity index (χ0v) is 12.8. The predicted octanol–water partition coefficient (Wildman–Crippen LogP) is 4.51. The maximum atomic E-state index is 13.5. The third-order valence-electron chi connectivity index (χ3n) is 3.66. The Labute approximate surface area is 133 Å². The predicted molar refractivity (Wildman–Crippen MR) is 88.0 cm³/mol. The zero-order chi connectivity index (χ0) is 16.4. The molecule has 0 saturated heterocycles. The lowest BCUT2D eigenvalue weighted by molar-refractivity contribution is 0.586. The molecule has 0 saturated carbocycles. The second kappa shape index (κ2) is 6.01. The minimum Gasteiger partial charge on any atom is -0.354 e. The van der Waals surface area contributed by atoms with Crippen LogP contribution in [0, 0.1) is 17.3 Å². The molecular weight excluding hydrogens is 291 g/mol. The molecule has 4 nitrogen and oxygen atoms in total. The lowest BCUT2D eigenvalue weighted by Gasteiger charge is -2.13. The normalized spacial score (nSPS) is 10.7. The molecule has 2 aromatic heterocycles. The Kier molecular flexibility index (Phi) is 3.90. The van der Waals surface area contributed by atoms with Gasteiger partial charge in [-0.3, -0.25) is 4.98 Å². The maximum absolute atomic E-state index is 13.5. The van der Waals surface area contributed by atoms with Crippen LogP contribution in [0.25, 0.3) is 10.9 Å². The number of halogens is 1. The van der Waals surface area contributed by atoms with Gasteiger partial charge in [0.2, 0.25) is 5.95 Å². The molecule has 23 heavy (non-hydrogen) atoms. The molecule has 1 aromatic carbocycles. The Bertz CT molecular complexity index is 913. The van der Waals surface area contributed by atoms with E-state index >= 15 is 0 Å². The summed E-state index contributed by atoms with van der Waals surface area (Å²) in [5.41, 5.74) is 3.46. The van der Waals surface area contributed by atoms with Gasteiger partial charge in [-0.2, -0.15) is 9.65 Å². The average molecular weight is 306 g/mol. The highest BCUT2D eigenvalue weighted by Gasteiger charge is 2.11. The third kappa shape index (κ3) is 2.97. The average Bonchev–Trinajstić information content (AvgIpc) is 2.55. The highest BCUT2D eigenvalue weighted by molar-refractivity contribution is 5.95. The number of aromatic nitrogens is 2. The number of hydrogen-bond acceptors (Lipinski definition) is 4. The molecule has 0 bridgehead atoms. The summed E-state index contributed by atoms with van der Waals surface area (Å²) in [6.07, 6.45) is 2.83. The second-order valence-corrected chi connectivity index (χ2v) is 5.59. The van der Waals surface area contributed by atoms with Crippen LogP contribution in [0.5, 0.6) is 0 Å². The van der Waals surface area contributed by atoms with Gasteiger partial charge in [-0.05, 0) is 23.6 Å². The Morgan fingerprint density at radius 2 is 2.00 bits per heavy atom. The van der Waals surface area contributed by atoms with Crippen LogP contribution in [0.3, 0.4) is 0 Å². The van der Waals surface area contributed by atoms with Crippen molar-refractivity contribution in [2.75, 3.05) is 5.32 Å². The van der Waals surface area contributed by atoms with Crippen LogP contribution < -0.4 is 5.32 Å². The summed E-state index contributed by atoms with van der Waals surface area (Å²) >= 11 is 0. The number of nitrogens with zero attached hydrogens (tertiary/aromatic N) is 3. The summed E-state index contributed by atoms with van der Waals surface area (Å²) in [7, 11) is 0. The molecule has 0 atom stereocenters. The molecule has 5 heteroatoms. The molecule has 0 fully saturated rings. The van der Waals surface area contributed by atoms with Crippen molar-refractivity contribution in [1.29, 1.82) is 5.26 Å². The van der Waals surface area contributed by atoms with Crippen LogP contribution in [0.1, 0.15) is 30.9 Å². The Morgan fingerprint density at radius 3 is 2.74 bits per heavy atom. The summed E-state index contributed by atoms with van der Waals surface area (Å²) in [6, 6.07) is 11.3. The fourth-order valence-corrected chi connectivity index (χ4v) is 2.41. The third-order valence-corrected chi connectivity index (χ3v) is 3.66. The minimum absolute atomic E-state index is 0.359. The van der Waals surface area contributed by atoms with Crippen molar-refractivity contribution in [3.8, 4) is 6.07 Å². The molecule has 114 valence electrons. The van der Waals surface area contributed by atoms with E-state index in [4.69, 9.17) is 0 Å². The molecule has 3 rings (SSSR count). The van der Waals surface area contributed by atoms with Crippen molar-refractivity contribution in [1.82, 2.24) is 9.97 Å². The summed E-state index contributed by atoms with van der Waals surface area (Å²) in [5, 5.41) is 13.1. The van der Waals surface area contributed by atoms with Gasteiger partial charge in [0.1, 0.15) is 6.07 Å². The minimum atomic E-state index is -0.603. The molecule has 0 amide bonds. The summed E-state index contributed by atoms with van der Waals surface area (Å²) < 4.78 is 13.5. The molecule has 0 aliphatic carbocycles. The van der Waals surface area contributed by atoms with Crippen LogP contribution in [0.4, 0.5) is 15.8 Å². The SMILES string of the molecule is CC(C)c1cccc(Nc2c(C#N)cnc3cnc(F)cc23)c1.